The van der Waals surface area contributed by atoms with Crippen molar-refractivity contribution >= 4 is 31.6 Å². The van der Waals surface area contributed by atoms with Gasteiger partial charge in [0.25, 0.3) is 0 Å². The van der Waals surface area contributed by atoms with Crippen LogP contribution in [0.1, 0.15) is 36.7 Å². The molecule has 0 aliphatic rings. The Morgan fingerprint density at radius 1 is 1.33 bits per heavy atom. The van der Waals surface area contributed by atoms with E-state index in [0.717, 1.165) is 5.56 Å². The first-order valence-corrected chi connectivity index (χ1v) is 10.1. The largest absolute Gasteiger partial charge is 0.465 e. The van der Waals surface area contributed by atoms with E-state index in [9.17, 15) is 4.79 Å². The molecular formula is C15H24ClNO3Si. The van der Waals surface area contributed by atoms with Crippen molar-refractivity contribution in [3.05, 3.63) is 28.3 Å². The summed E-state index contributed by atoms with van der Waals surface area (Å²) in [6, 6.07) is 3.22. The lowest BCUT2D eigenvalue weighted by Crippen LogP contribution is -2.40. The van der Waals surface area contributed by atoms with Crippen molar-refractivity contribution in [2.45, 2.75) is 45.5 Å². The summed E-state index contributed by atoms with van der Waals surface area (Å²) in [6.07, 6.45) is 0. The van der Waals surface area contributed by atoms with Gasteiger partial charge in [0.2, 0.25) is 0 Å². The Hall–Kier alpha value is -1.04. The number of nitrogen functional groups attached to an aromatic ring is 1. The number of ether oxygens (including phenoxy) is 1. The number of carbonyl (C=O) groups excluding carboxylic acids is 1. The first-order chi connectivity index (χ1) is 9.49. The van der Waals surface area contributed by atoms with Crippen molar-refractivity contribution in [2.75, 3.05) is 12.8 Å². The third-order valence-electron chi connectivity index (χ3n) is 4.02. The number of nitrogens with two attached hydrogens (primary N) is 1. The van der Waals surface area contributed by atoms with Crippen LogP contribution in [0, 0.1) is 0 Å². The van der Waals surface area contributed by atoms with Gasteiger partial charge in [-0.15, -0.1) is 0 Å². The Balaban J connectivity index is 2.97. The van der Waals surface area contributed by atoms with Gasteiger partial charge in [0, 0.05) is 10.7 Å². The van der Waals surface area contributed by atoms with Gasteiger partial charge in [0.1, 0.15) is 0 Å². The van der Waals surface area contributed by atoms with E-state index in [4.69, 9.17) is 21.8 Å². The Morgan fingerprint density at radius 3 is 2.38 bits per heavy atom. The minimum absolute atomic E-state index is 0.122. The van der Waals surface area contributed by atoms with E-state index in [2.05, 4.69) is 38.6 Å². The fraction of sp³-hybridized carbons (Fsp3) is 0.533. The minimum Gasteiger partial charge on any atom is -0.465 e. The first kappa shape index (κ1) is 18.0. The smallest absolute Gasteiger partial charge is 0.340 e. The predicted molar refractivity (Wildman–Crippen MR) is 89.2 cm³/mol. The molecule has 6 heteroatoms. The number of hydrogen-bond acceptors (Lipinski definition) is 4. The number of carbonyl (C=O) groups is 1. The highest BCUT2D eigenvalue weighted by molar-refractivity contribution is 6.74. The number of anilines is 1. The predicted octanol–water partition coefficient (Wildman–Crippen LogP) is 4.23. The first-order valence-electron chi connectivity index (χ1n) is 6.80. The molecule has 0 atom stereocenters. The second-order valence-electron chi connectivity index (χ2n) is 6.57. The second-order valence-corrected chi connectivity index (χ2v) is 11.8. The SMILES string of the molecule is COC(=O)c1cc(Cl)c(CO[Si](C)(C)C(C)(C)C)cc1N. The molecule has 0 fully saturated rings. The highest BCUT2D eigenvalue weighted by Crippen LogP contribution is 2.37. The van der Waals surface area contributed by atoms with Gasteiger partial charge in [0.15, 0.2) is 8.32 Å². The van der Waals surface area contributed by atoms with Crippen LogP contribution in [0.15, 0.2) is 12.1 Å². The zero-order chi connectivity index (χ0) is 16.4. The summed E-state index contributed by atoms with van der Waals surface area (Å²) in [5.41, 5.74) is 7.30. The molecular weight excluding hydrogens is 306 g/mol. The lowest BCUT2D eigenvalue weighted by Gasteiger charge is -2.36. The van der Waals surface area contributed by atoms with E-state index < -0.39 is 14.3 Å². The number of benzene rings is 1. The molecule has 0 bridgehead atoms. The number of methoxy groups -OCH3 is 1. The Labute approximate surface area is 132 Å². The maximum absolute atomic E-state index is 11.6. The van der Waals surface area contributed by atoms with E-state index in [-0.39, 0.29) is 10.6 Å². The summed E-state index contributed by atoms with van der Waals surface area (Å²) in [7, 11) is -0.552. The van der Waals surface area contributed by atoms with Gasteiger partial charge in [-0.2, -0.15) is 0 Å². The van der Waals surface area contributed by atoms with Crippen LogP contribution in [0.2, 0.25) is 23.2 Å². The monoisotopic (exact) mass is 329 g/mol. The van der Waals surface area contributed by atoms with Crippen molar-refractivity contribution in [2.24, 2.45) is 0 Å². The summed E-state index contributed by atoms with van der Waals surface area (Å²) in [5, 5.41) is 0.583. The number of hydrogen-bond donors (Lipinski definition) is 1. The molecule has 0 amide bonds. The van der Waals surface area contributed by atoms with Crippen LogP contribution in [-0.4, -0.2) is 21.4 Å². The van der Waals surface area contributed by atoms with Crippen LogP contribution >= 0.6 is 11.6 Å². The van der Waals surface area contributed by atoms with Gasteiger partial charge >= 0.3 is 5.97 Å². The fourth-order valence-corrected chi connectivity index (χ4v) is 2.68. The van der Waals surface area contributed by atoms with Crippen LogP contribution in [0.5, 0.6) is 0 Å². The lowest BCUT2D eigenvalue weighted by molar-refractivity contribution is 0.0602. The molecule has 0 radical (unpaired) electrons. The molecule has 0 saturated heterocycles. The van der Waals surface area contributed by atoms with Crippen LogP contribution in [-0.2, 0) is 15.8 Å². The summed E-state index contributed by atoms with van der Waals surface area (Å²) in [6.45, 7) is 11.3. The second kappa shape index (κ2) is 6.38. The molecule has 0 aliphatic heterocycles. The maximum atomic E-state index is 11.6. The molecule has 0 spiro atoms. The fourth-order valence-electron chi connectivity index (χ4n) is 1.51. The number of rotatable bonds is 4. The zero-order valence-electron chi connectivity index (χ0n) is 13.5. The lowest BCUT2D eigenvalue weighted by atomic mass is 10.1. The number of halogens is 1. The summed E-state index contributed by atoms with van der Waals surface area (Å²) in [5.74, 6) is -0.494. The molecule has 118 valence electrons. The Kier molecular flexibility index (Phi) is 5.47. The van der Waals surface area contributed by atoms with Crippen molar-refractivity contribution in [3.63, 3.8) is 0 Å². The standard InChI is InChI=1S/C15H24ClNO3Si/c1-15(2,3)21(5,6)20-9-10-7-13(17)11(8-12(10)16)14(18)19-4/h7-8H,9,17H2,1-6H3. The van der Waals surface area contributed by atoms with Crippen LogP contribution < -0.4 is 5.73 Å². The van der Waals surface area contributed by atoms with Crippen molar-refractivity contribution in [3.8, 4) is 0 Å². The van der Waals surface area contributed by atoms with Gasteiger partial charge < -0.3 is 14.9 Å². The molecule has 0 aliphatic carbocycles. The average molecular weight is 330 g/mol. The molecule has 4 nitrogen and oxygen atoms in total. The van der Waals surface area contributed by atoms with Crippen molar-refractivity contribution in [1.82, 2.24) is 0 Å². The Morgan fingerprint density at radius 2 is 1.90 bits per heavy atom. The molecule has 0 saturated carbocycles. The number of esters is 1. The summed E-state index contributed by atoms with van der Waals surface area (Å²) >= 11 is 6.22. The van der Waals surface area contributed by atoms with Crippen LogP contribution in [0.25, 0.3) is 0 Å². The zero-order valence-corrected chi connectivity index (χ0v) is 15.3. The molecule has 0 unspecified atom stereocenters. The molecule has 1 rings (SSSR count). The third kappa shape index (κ3) is 4.22. The highest BCUT2D eigenvalue weighted by Gasteiger charge is 2.37. The molecule has 2 N–H and O–H groups in total. The Bertz CT molecular complexity index is 538. The average Bonchev–Trinajstić information content (AvgIpc) is 2.37. The molecule has 1 aromatic rings. The van der Waals surface area contributed by atoms with E-state index in [1.807, 2.05) is 0 Å². The minimum atomic E-state index is -1.86. The van der Waals surface area contributed by atoms with Gasteiger partial charge in [-0.3, -0.25) is 0 Å². The van der Waals surface area contributed by atoms with Gasteiger partial charge in [-0.25, -0.2) is 4.79 Å². The topological polar surface area (TPSA) is 61.5 Å². The molecule has 1 aromatic carbocycles. The van der Waals surface area contributed by atoms with E-state index in [1.54, 1.807) is 6.07 Å². The van der Waals surface area contributed by atoms with E-state index in [1.165, 1.54) is 13.2 Å². The van der Waals surface area contributed by atoms with Gasteiger partial charge in [-0.1, -0.05) is 32.4 Å². The maximum Gasteiger partial charge on any atom is 0.340 e. The van der Waals surface area contributed by atoms with Crippen molar-refractivity contribution in [1.29, 1.82) is 0 Å². The van der Waals surface area contributed by atoms with Crippen LogP contribution in [0.4, 0.5) is 5.69 Å². The normalized spacial score (nSPS) is 12.3. The summed E-state index contributed by atoms with van der Waals surface area (Å²) in [4.78, 5) is 11.6. The third-order valence-corrected chi connectivity index (χ3v) is 8.85. The van der Waals surface area contributed by atoms with Crippen LogP contribution in [0.3, 0.4) is 0 Å². The van der Waals surface area contributed by atoms with Crippen molar-refractivity contribution < 1.29 is 14.0 Å². The highest BCUT2D eigenvalue weighted by atomic mass is 35.5. The van der Waals surface area contributed by atoms with Gasteiger partial charge in [-0.05, 0) is 35.8 Å². The van der Waals surface area contributed by atoms with E-state index >= 15 is 0 Å². The molecule has 0 heterocycles. The molecule has 21 heavy (non-hydrogen) atoms. The van der Waals surface area contributed by atoms with Gasteiger partial charge in [0.05, 0.1) is 19.3 Å². The molecule has 0 aromatic heterocycles. The van der Waals surface area contributed by atoms with E-state index in [0.29, 0.717) is 17.3 Å². The summed E-state index contributed by atoms with van der Waals surface area (Å²) < 4.78 is 10.8. The quantitative estimate of drug-likeness (QED) is 0.510.